The summed E-state index contributed by atoms with van der Waals surface area (Å²) >= 11 is 0. The number of rotatable bonds is 13. The van der Waals surface area contributed by atoms with Crippen LogP contribution in [0.25, 0.3) is 0 Å². The summed E-state index contributed by atoms with van der Waals surface area (Å²) in [6.45, 7) is 12.6. The van der Waals surface area contributed by atoms with E-state index in [1.807, 2.05) is 50.2 Å². The van der Waals surface area contributed by atoms with Gasteiger partial charge in [0.25, 0.3) is 0 Å². The highest BCUT2D eigenvalue weighted by molar-refractivity contribution is 7.92. The van der Waals surface area contributed by atoms with Gasteiger partial charge in [-0.15, -0.1) is 0 Å². The summed E-state index contributed by atoms with van der Waals surface area (Å²) in [5.74, 6) is 0. The molecule has 1 aliphatic rings. The number of benzene rings is 2. The molecule has 0 spiro atoms. The standard InChI is InChI=1S/C32H43F3N2O5SSi/c1-31(2,22-41-21-24-10-7-6-8-11-24)30-20-28(37(36-30)23-40-16-17-44(3,4)5)29-19-27(14-15-42-29)43(38,39)26-13-9-12-25(18-26)32(33,34)35/h6-13,18,20,27,29H,14-17,19,21-23H2,1-5H3. The van der Waals surface area contributed by atoms with E-state index >= 15 is 0 Å². The number of sulfone groups is 1. The second kappa shape index (κ2) is 13.9. The van der Waals surface area contributed by atoms with Crippen LogP contribution in [0, 0.1) is 0 Å². The summed E-state index contributed by atoms with van der Waals surface area (Å²) in [5, 5.41) is 3.96. The normalized spacial score (nSPS) is 18.5. The smallest absolute Gasteiger partial charge is 0.376 e. The van der Waals surface area contributed by atoms with Gasteiger partial charge in [-0.2, -0.15) is 18.3 Å². The molecule has 2 atom stereocenters. The average molecular weight is 653 g/mol. The number of hydrogen-bond donors (Lipinski definition) is 0. The van der Waals surface area contributed by atoms with Crippen LogP contribution in [-0.2, 0) is 49.0 Å². The predicted molar refractivity (Wildman–Crippen MR) is 166 cm³/mol. The molecular formula is C32H43F3N2O5SSi. The molecule has 2 heterocycles. The zero-order valence-corrected chi connectivity index (χ0v) is 27.9. The van der Waals surface area contributed by atoms with Crippen molar-refractivity contribution in [2.45, 2.75) is 93.6 Å². The first-order chi connectivity index (χ1) is 20.6. The fraction of sp³-hybridized carbons (Fsp3) is 0.531. The van der Waals surface area contributed by atoms with Gasteiger partial charge in [0.1, 0.15) is 12.8 Å². The van der Waals surface area contributed by atoms with Crippen molar-refractivity contribution in [3.63, 3.8) is 0 Å². The summed E-state index contributed by atoms with van der Waals surface area (Å²) in [6.07, 6.45) is -5.00. The molecule has 2 aromatic carbocycles. The molecule has 12 heteroatoms. The van der Waals surface area contributed by atoms with Gasteiger partial charge in [0.2, 0.25) is 0 Å². The van der Waals surface area contributed by atoms with Crippen LogP contribution in [-0.4, -0.2) is 51.3 Å². The predicted octanol–water partition coefficient (Wildman–Crippen LogP) is 7.40. The topological polar surface area (TPSA) is 79.7 Å². The number of hydrogen-bond acceptors (Lipinski definition) is 6. The molecule has 4 rings (SSSR count). The average Bonchev–Trinajstić information content (AvgIpc) is 3.40. The third-order valence-corrected chi connectivity index (χ3v) is 11.7. The molecule has 1 aromatic heterocycles. The van der Waals surface area contributed by atoms with Crippen molar-refractivity contribution < 1.29 is 35.8 Å². The van der Waals surface area contributed by atoms with Gasteiger partial charge < -0.3 is 14.2 Å². The van der Waals surface area contributed by atoms with Crippen LogP contribution in [0.15, 0.2) is 65.6 Å². The van der Waals surface area contributed by atoms with Gasteiger partial charge in [-0.05, 0) is 48.7 Å². The molecular weight excluding hydrogens is 610 g/mol. The van der Waals surface area contributed by atoms with E-state index in [9.17, 15) is 21.6 Å². The molecule has 242 valence electrons. The van der Waals surface area contributed by atoms with E-state index in [0.29, 0.717) is 31.6 Å². The first-order valence-electron chi connectivity index (χ1n) is 14.9. The van der Waals surface area contributed by atoms with Crippen LogP contribution in [0.1, 0.15) is 55.3 Å². The second-order valence-corrected chi connectivity index (χ2v) is 21.1. The highest BCUT2D eigenvalue weighted by Gasteiger charge is 2.38. The molecule has 0 amide bonds. The molecule has 0 N–H and O–H groups in total. The molecule has 1 aliphatic heterocycles. The van der Waals surface area contributed by atoms with Crippen LogP contribution >= 0.6 is 0 Å². The lowest BCUT2D eigenvalue weighted by Gasteiger charge is -2.30. The van der Waals surface area contributed by atoms with E-state index in [1.54, 1.807) is 4.68 Å². The Bertz CT molecular complexity index is 1490. The lowest BCUT2D eigenvalue weighted by atomic mass is 9.90. The zero-order valence-electron chi connectivity index (χ0n) is 26.1. The van der Waals surface area contributed by atoms with Crippen molar-refractivity contribution in [3.05, 3.63) is 83.2 Å². The maximum absolute atomic E-state index is 13.6. The molecule has 1 saturated heterocycles. The van der Waals surface area contributed by atoms with E-state index in [1.165, 1.54) is 6.07 Å². The van der Waals surface area contributed by atoms with Crippen molar-refractivity contribution in [3.8, 4) is 0 Å². The van der Waals surface area contributed by atoms with Crippen LogP contribution < -0.4 is 0 Å². The molecule has 44 heavy (non-hydrogen) atoms. The van der Waals surface area contributed by atoms with Gasteiger partial charge in [0.05, 0.1) is 40.3 Å². The number of alkyl halides is 3. The van der Waals surface area contributed by atoms with Crippen molar-refractivity contribution >= 4 is 17.9 Å². The van der Waals surface area contributed by atoms with Gasteiger partial charge in [0, 0.05) is 26.7 Å². The van der Waals surface area contributed by atoms with Crippen molar-refractivity contribution in [1.29, 1.82) is 0 Å². The summed E-state index contributed by atoms with van der Waals surface area (Å²) in [6, 6.07) is 16.7. The van der Waals surface area contributed by atoms with Gasteiger partial charge in [-0.25, -0.2) is 13.1 Å². The van der Waals surface area contributed by atoms with Gasteiger partial charge in [-0.3, -0.25) is 0 Å². The number of aromatic nitrogens is 2. The minimum atomic E-state index is -4.64. The SMILES string of the molecule is CC(C)(COCc1ccccc1)c1cc(C2CC(S(=O)(=O)c3cccc(C(F)(F)F)c3)CCO2)n(COCC[Si](C)(C)C)n1. The van der Waals surface area contributed by atoms with E-state index in [0.717, 1.165) is 29.4 Å². The van der Waals surface area contributed by atoms with E-state index in [4.69, 9.17) is 19.3 Å². The Hall–Kier alpha value is -2.51. The Labute approximate surface area is 259 Å². The minimum absolute atomic E-state index is 0.0869. The maximum atomic E-state index is 13.6. The van der Waals surface area contributed by atoms with Crippen molar-refractivity contribution in [2.75, 3.05) is 19.8 Å². The Morgan fingerprint density at radius 1 is 1.02 bits per heavy atom. The lowest BCUT2D eigenvalue weighted by molar-refractivity contribution is -0.137. The minimum Gasteiger partial charge on any atom is -0.376 e. The summed E-state index contributed by atoms with van der Waals surface area (Å²) in [5.41, 5.74) is 1.02. The van der Waals surface area contributed by atoms with Gasteiger partial charge in [0.15, 0.2) is 9.84 Å². The van der Waals surface area contributed by atoms with Gasteiger partial charge >= 0.3 is 6.18 Å². The van der Waals surface area contributed by atoms with Crippen molar-refractivity contribution in [2.24, 2.45) is 0 Å². The fourth-order valence-corrected chi connectivity index (χ4v) is 7.56. The summed E-state index contributed by atoms with van der Waals surface area (Å²) < 4.78 is 87.0. The third-order valence-electron chi connectivity index (χ3n) is 7.78. The molecule has 0 aliphatic carbocycles. The van der Waals surface area contributed by atoms with E-state index < -0.39 is 46.4 Å². The monoisotopic (exact) mass is 652 g/mol. The molecule has 7 nitrogen and oxygen atoms in total. The first kappa shape index (κ1) is 34.4. The molecule has 2 unspecified atom stereocenters. The quantitative estimate of drug-likeness (QED) is 0.141. The fourth-order valence-electron chi connectivity index (χ4n) is 5.02. The Balaban J connectivity index is 1.56. The summed E-state index contributed by atoms with van der Waals surface area (Å²) in [7, 11) is -5.37. The molecule has 1 fully saturated rings. The number of nitrogens with zero attached hydrogens (tertiary/aromatic N) is 2. The maximum Gasteiger partial charge on any atom is 0.416 e. The van der Waals surface area contributed by atoms with Crippen LogP contribution in [0.3, 0.4) is 0 Å². The largest absolute Gasteiger partial charge is 0.416 e. The Morgan fingerprint density at radius 3 is 2.43 bits per heavy atom. The Kier molecular flexibility index (Phi) is 10.8. The first-order valence-corrected chi connectivity index (χ1v) is 20.1. The summed E-state index contributed by atoms with van der Waals surface area (Å²) in [4.78, 5) is -0.335. The van der Waals surface area contributed by atoms with Crippen LogP contribution in [0.2, 0.25) is 25.7 Å². The van der Waals surface area contributed by atoms with Crippen LogP contribution in [0.5, 0.6) is 0 Å². The van der Waals surface area contributed by atoms with Crippen molar-refractivity contribution in [1.82, 2.24) is 9.78 Å². The van der Waals surface area contributed by atoms with E-state index in [2.05, 4.69) is 19.6 Å². The lowest BCUT2D eigenvalue weighted by Crippen LogP contribution is -2.32. The number of halogens is 3. The number of ether oxygens (including phenoxy) is 3. The van der Waals surface area contributed by atoms with Gasteiger partial charge in [-0.1, -0.05) is 69.9 Å². The van der Waals surface area contributed by atoms with Crippen LogP contribution in [0.4, 0.5) is 13.2 Å². The second-order valence-electron chi connectivity index (χ2n) is 13.2. The highest BCUT2D eigenvalue weighted by Crippen LogP contribution is 2.37. The molecule has 3 aromatic rings. The molecule has 0 saturated carbocycles. The molecule has 0 radical (unpaired) electrons. The molecule has 0 bridgehead atoms. The third kappa shape index (κ3) is 9.03. The highest BCUT2D eigenvalue weighted by atomic mass is 32.2. The Morgan fingerprint density at radius 2 is 1.75 bits per heavy atom. The zero-order chi connectivity index (χ0) is 32.2. The van der Waals surface area contributed by atoms with E-state index in [-0.39, 0.29) is 31.1 Å².